The molecule has 8 heteroatoms. The van der Waals surface area contributed by atoms with Crippen molar-refractivity contribution in [1.82, 2.24) is 10.6 Å². The monoisotopic (exact) mass is 278 g/mol. The molecule has 1 aliphatic carbocycles. The van der Waals surface area contributed by atoms with Gasteiger partial charge in [0.1, 0.15) is 15.9 Å². The predicted molar refractivity (Wildman–Crippen MR) is 65.1 cm³/mol. The van der Waals surface area contributed by atoms with Crippen molar-refractivity contribution in [3.05, 3.63) is 0 Å². The first kappa shape index (κ1) is 14.7. The number of sulfone groups is 1. The molecule has 7 nitrogen and oxygen atoms in total. The molecule has 1 unspecified atom stereocenters. The average molecular weight is 278 g/mol. The number of amides is 2. The Balaban J connectivity index is 2.47. The van der Waals surface area contributed by atoms with Crippen LogP contribution < -0.4 is 10.6 Å². The zero-order chi connectivity index (χ0) is 14.0. The number of carbonyl (C=O) groups excluding carboxylic acids is 1. The third kappa shape index (κ3) is 5.35. The van der Waals surface area contributed by atoms with Crippen LogP contribution in [0.1, 0.15) is 26.2 Å². The van der Waals surface area contributed by atoms with Crippen molar-refractivity contribution in [3.8, 4) is 0 Å². The minimum atomic E-state index is -3.25. The Labute approximate surface area is 106 Å². The minimum absolute atomic E-state index is 0.141. The molecule has 0 aliphatic heterocycles. The maximum atomic E-state index is 11.5. The molecule has 1 rings (SSSR count). The van der Waals surface area contributed by atoms with E-state index in [1.807, 2.05) is 6.92 Å². The molecule has 0 saturated heterocycles. The van der Waals surface area contributed by atoms with Crippen LogP contribution in [0, 0.1) is 0 Å². The molecule has 0 aromatic rings. The number of carboxylic acid groups (broad SMARTS) is 1. The number of carboxylic acids is 1. The van der Waals surface area contributed by atoms with Crippen molar-refractivity contribution in [2.24, 2.45) is 0 Å². The average Bonchev–Trinajstić information content (AvgIpc) is 2.88. The Morgan fingerprint density at radius 2 is 1.94 bits per heavy atom. The molecular weight excluding hydrogens is 260 g/mol. The van der Waals surface area contributed by atoms with Crippen LogP contribution in [0.2, 0.25) is 0 Å². The minimum Gasteiger partial charge on any atom is -0.480 e. The largest absolute Gasteiger partial charge is 0.480 e. The highest BCUT2D eigenvalue weighted by atomic mass is 32.2. The second-order valence-electron chi connectivity index (χ2n) is 4.97. The molecule has 3 N–H and O–H groups in total. The molecule has 0 radical (unpaired) electrons. The second kappa shape index (κ2) is 5.13. The van der Waals surface area contributed by atoms with Gasteiger partial charge in [0.2, 0.25) is 0 Å². The van der Waals surface area contributed by atoms with Gasteiger partial charge in [-0.25, -0.2) is 18.0 Å². The fourth-order valence-electron chi connectivity index (χ4n) is 1.37. The van der Waals surface area contributed by atoms with E-state index in [2.05, 4.69) is 10.6 Å². The number of rotatable bonds is 6. The number of hydrogen-bond donors (Lipinski definition) is 3. The van der Waals surface area contributed by atoms with Gasteiger partial charge >= 0.3 is 12.0 Å². The van der Waals surface area contributed by atoms with Crippen molar-refractivity contribution in [1.29, 1.82) is 0 Å². The Kier molecular flexibility index (Phi) is 4.20. The number of urea groups is 1. The van der Waals surface area contributed by atoms with E-state index < -0.39 is 27.9 Å². The molecule has 0 aromatic carbocycles. The summed E-state index contributed by atoms with van der Waals surface area (Å²) >= 11 is 0. The van der Waals surface area contributed by atoms with Gasteiger partial charge in [0, 0.05) is 11.8 Å². The normalized spacial score (nSPS) is 18.8. The summed E-state index contributed by atoms with van der Waals surface area (Å²) < 4.78 is 21.9. The van der Waals surface area contributed by atoms with Crippen LogP contribution in [-0.2, 0) is 14.6 Å². The summed E-state index contributed by atoms with van der Waals surface area (Å²) in [5.74, 6) is -1.52. The fraction of sp³-hybridized carbons (Fsp3) is 0.800. The van der Waals surface area contributed by atoms with E-state index in [-0.39, 0.29) is 17.7 Å². The first-order valence-electron chi connectivity index (χ1n) is 5.60. The predicted octanol–water partition coefficient (Wildman–Crippen LogP) is -0.274. The Morgan fingerprint density at radius 3 is 2.33 bits per heavy atom. The quantitative estimate of drug-likeness (QED) is 0.619. The van der Waals surface area contributed by atoms with E-state index in [0.717, 1.165) is 19.1 Å². The molecule has 104 valence electrons. The van der Waals surface area contributed by atoms with Crippen LogP contribution in [-0.4, -0.2) is 49.1 Å². The third-order valence-electron chi connectivity index (χ3n) is 2.80. The third-order valence-corrected chi connectivity index (χ3v) is 3.77. The van der Waals surface area contributed by atoms with Gasteiger partial charge in [0.25, 0.3) is 0 Å². The van der Waals surface area contributed by atoms with E-state index in [0.29, 0.717) is 0 Å². The van der Waals surface area contributed by atoms with E-state index in [1.165, 1.54) is 0 Å². The molecule has 0 bridgehead atoms. The Morgan fingerprint density at radius 1 is 1.39 bits per heavy atom. The lowest BCUT2D eigenvalue weighted by Gasteiger charge is -2.17. The maximum Gasteiger partial charge on any atom is 0.326 e. The lowest BCUT2D eigenvalue weighted by molar-refractivity contribution is -0.139. The summed E-state index contributed by atoms with van der Waals surface area (Å²) in [6, 6.07) is -1.77. The summed E-state index contributed by atoms with van der Waals surface area (Å²) in [5, 5.41) is 13.8. The van der Waals surface area contributed by atoms with Crippen molar-refractivity contribution in [2.75, 3.05) is 12.0 Å². The first-order valence-corrected chi connectivity index (χ1v) is 7.67. The highest BCUT2D eigenvalue weighted by Gasteiger charge is 2.39. The Hall–Kier alpha value is -1.31. The molecular formula is C10H18N2O5S. The van der Waals surface area contributed by atoms with Crippen molar-refractivity contribution in [3.63, 3.8) is 0 Å². The summed E-state index contributed by atoms with van der Waals surface area (Å²) in [7, 11) is -3.25. The maximum absolute atomic E-state index is 11.5. The smallest absolute Gasteiger partial charge is 0.326 e. The number of nitrogens with one attached hydrogen (secondary N) is 2. The zero-order valence-electron chi connectivity index (χ0n) is 10.4. The van der Waals surface area contributed by atoms with E-state index in [4.69, 9.17) is 5.11 Å². The molecule has 1 saturated carbocycles. The van der Waals surface area contributed by atoms with Gasteiger partial charge in [-0.3, -0.25) is 0 Å². The van der Waals surface area contributed by atoms with Crippen molar-refractivity contribution in [2.45, 2.75) is 37.8 Å². The molecule has 1 fully saturated rings. The van der Waals surface area contributed by atoms with Gasteiger partial charge in [-0.05, 0) is 26.2 Å². The van der Waals surface area contributed by atoms with Crippen LogP contribution in [0.4, 0.5) is 4.79 Å². The van der Waals surface area contributed by atoms with Gasteiger partial charge in [0.05, 0.1) is 5.75 Å². The first-order chi connectivity index (χ1) is 8.11. The fourth-order valence-corrected chi connectivity index (χ4v) is 2.03. The summed E-state index contributed by atoms with van der Waals surface area (Å²) in [6.45, 7) is 1.86. The van der Waals surface area contributed by atoms with Crippen LogP contribution in [0.3, 0.4) is 0 Å². The summed E-state index contributed by atoms with van der Waals surface area (Å²) in [5.41, 5.74) is -0.246. The van der Waals surface area contributed by atoms with E-state index >= 15 is 0 Å². The number of carbonyl (C=O) groups is 2. The highest BCUT2D eigenvalue weighted by molar-refractivity contribution is 7.90. The lowest BCUT2D eigenvalue weighted by Crippen LogP contribution is -2.49. The van der Waals surface area contributed by atoms with Gasteiger partial charge in [-0.1, -0.05) is 0 Å². The lowest BCUT2D eigenvalue weighted by atomic mass is 10.2. The molecule has 2 amide bonds. The van der Waals surface area contributed by atoms with E-state index in [9.17, 15) is 18.0 Å². The summed E-state index contributed by atoms with van der Waals surface area (Å²) in [4.78, 5) is 22.4. The SMILES string of the molecule is CC1(NC(=O)NC(CCS(C)(=O)=O)C(=O)O)CC1. The zero-order valence-corrected chi connectivity index (χ0v) is 11.2. The summed E-state index contributed by atoms with van der Waals surface area (Å²) in [6.07, 6.45) is 2.61. The number of hydrogen-bond acceptors (Lipinski definition) is 4. The van der Waals surface area contributed by atoms with Crippen LogP contribution >= 0.6 is 0 Å². The molecule has 1 aliphatic rings. The molecule has 1 atom stereocenters. The van der Waals surface area contributed by atoms with E-state index in [1.54, 1.807) is 0 Å². The van der Waals surface area contributed by atoms with Gasteiger partial charge in [0.15, 0.2) is 0 Å². The van der Waals surface area contributed by atoms with Gasteiger partial charge in [-0.15, -0.1) is 0 Å². The molecule has 0 heterocycles. The van der Waals surface area contributed by atoms with Crippen LogP contribution in [0.5, 0.6) is 0 Å². The van der Waals surface area contributed by atoms with Crippen LogP contribution in [0.15, 0.2) is 0 Å². The topological polar surface area (TPSA) is 113 Å². The number of aliphatic carboxylic acids is 1. The van der Waals surface area contributed by atoms with Crippen LogP contribution in [0.25, 0.3) is 0 Å². The van der Waals surface area contributed by atoms with Crippen molar-refractivity contribution >= 4 is 21.8 Å². The standard InChI is InChI=1S/C10H18N2O5S/c1-10(4-5-10)12-9(15)11-7(8(13)14)3-6-18(2,16)17/h7H,3-6H2,1-2H3,(H,13,14)(H2,11,12,15). The second-order valence-corrected chi connectivity index (χ2v) is 7.23. The molecule has 0 aromatic heterocycles. The Bertz CT molecular complexity index is 441. The molecule has 0 spiro atoms. The molecule has 18 heavy (non-hydrogen) atoms. The highest BCUT2D eigenvalue weighted by Crippen LogP contribution is 2.33. The van der Waals surface area contributed by atoms with Crippen molar-refractivity contribution < 1.29 is 23.1 Å². The van der Waals surface area contributed by atoms with Gasteiger partial charge < -0.3 is 15.7 Å². The van der Waals surface area contributed by atoms with Gasteiger partial charge in [-0.2, -0.15) is 0 Å².